The molecule has 1 aromatic heterocycles. The fraction of sp³-hybridized carbons (Fsp3) is 0.292. The van der Waals surface area contributed by atoms with Crippen molar-refractivity contribution in [3.63, 3.8) is 0 Å². The van der Waals surface area contributed by atoms with Crippen molar-refractivity contribution < 1.29 is 14.3 Å². The predicted molar refractivity (Wildman–Crippen MR) is 118 cm³/mol. The molecule has 0 saturated heterocycles. The highest BCUT2D eigenvalue weighted by Gasteiger charge is 2.35. The highest BCUT2D eigenvalue weighted by Crippen LogP contribution is 2.30. The van der Waals surface area contributed by atoms with Crippen LogP contribution in [0.25, 0.3) is 0 Å². The fourth-order valence-corrected chi connectivity index (χ4v) is 3.97. The zero-order valence-corrected chi connectivity index (χ0v) is 17.7. The molecule has 0 saturated carbocycles. The van der Waals surface area contributed by atoms with E-state index in [1.807, 2.05) is 55.7 Å². The Bertz CT molecular complexity index is 1080. The molecule has 31 heavy (non-hydrogen) atoms. The number of hydrogen-bond donors (Lipinski definition) is 1. The molecule has 2 amide bonds. The number of hydrogen-bond acceptors (Lipinski definition) is 4. The Morgan fingerprint density at radius 1 is 1.13 bits per heavy atom. The molecule has 7 nitrogen and oxygen atoms in total. The van der Waals surface area contributed by atoms with Gasteiger partial charge < -0.3 is 15.0 Å². The number of nitrogens with one attached hydrogen (secondary N) is 1. The molecule has 2 aromatic carbocycles. The van der Waals surface area contributed by atoms with Crippen molar-refractivity contribution in [2.75, 3.05) is 19.0 Å². The van der Waals surface area contributed by atoms with E-state index < -0.39 is 5.92 Å². The molecule has 0 bridgehead atoms. The average Bonchev–Trinajstić information content (AvgIpc) is 3.17. The predicted octanol–water partition coefficient (Wildman–Crippen LogP) is 3.13. The molecule has 0 fully saturated rings. The number of aromatic nitrogens is 2. The van der Waals surface area contributed by atoms with E-state index in [4.69, 9.17) is 4.74 Å². The summed E-state index contributed by atoms with van der Waals surface area (Å²) in [6, 6.07) is 17.2. The van der Waals surface area contributed by atoms with Crippen LogP contribution >= 0.6 is 0 Å². The van der Waals surface area contributed by atoms with Crippen molar-refractivity contribution in [2.45, 2.75) is 25.3 Å². The smallest absolute Gasteiger partial charge is 0.235 e. The number of ether oxygens (including phenoxy) is 1. The minimum atomic E-state index is -0.546. The lowest BCUT2D eigenvalue weighted by Crippen LogP contribution is -2.42. The van der Waals surface area contributed by atoms with Gasteiger partial charge in [0.15, 0.2) is 0 Å². The van der Waals surface area contributed by atoms with Crippen molar-refractivity contribution in [3.05, 3.63) is 77.6 Å². The summed E-state index contributed by atoms with van der Waals surface area (Å²) in [5, 5.41) is 7.46. The molecule has 2 heterocycles. The zero-order chi connectivity index (χ0) is 21.8. The number of anilines is 1. The Balaban J connectivity index is 1.51. The summed E-state index contributed by atoms with van der Waals surface area (Å²) in [7, 11) is 3.39. The van der Waals surface area contributed by atoms with Crippen LogP contribution in [0.3, 0.4) is 0 Å². The van der Waals surface area contributed by atoms with E-state index in [9.17, 15) is 9.59 Å². The molecule has 1 aliphatic rings. The van der Waals surface area contributed by atoms with E-state index >= 15 is 0 Å². The van der Waals surface area contributed by atoms with E-state index in [1.165, 1.54) is 0 Å². The van der Waals surface area contributed by atoms with Crippen LogP contribution in [0.2, 0.25) is 0 Å². The van der Waals surface area contributed by atoms with Crippen LogP contribution in [0.4, 0.5) is 5.69 Å². The van der Waals surface area contributed by atoms with Gasteiger partial charge in [0.05, 0.1) is 18.5 Å². The molecular weight excluding hydrogens is 392 g/mol. The van der Waals surface area contributed by atoms with E-state index in [-0.39, 0.29) is 11.8 Å². The number of amides is 2. The van der Waals surface area contributed by atoms with Gasteiger partial charge in [0, 0.05) is 38.3 Å². The Hall–Kier alpha value is -3.61. The number of benzene rings is 2. The quantitative estimate of drug-likeness (QED) is 0.667. The molecule has 0 spiro atoms. The van der Waals surface area contributed by atoms with Crippen LogP contribution in [0.15, 0.2) is 60.8 Å². The number of aryl methyl sites for hydroxylation is 2. The number of rotatable bonds is 6. The molecule has 1 atom stereocenters. The van der Waals surface area contributed by atoms with E-state index in [1.54, 1.807) is 28.8 Å². The van der Waals surface area contributed by atoms with E-state index in [0.29, 0.717) is 37.4 Å². The first-order valence-electron chi connectivity index (χ1n) is 10.3. The van der Waals surface area contributed by atoms with Gasteiger partial charge in [-0.1, -0.05) is 42.5 Å². The molecule has 0 radical (unpaired) electrons. The first kappa shape index (κ1) is 20.7. The Morgan fingerprint density at radius 3 is 2.65 bits per heavy atom. The van der Waals surface area contributed by atoms with Gasteiger partial charge in [-0.05, 0) is 24.1 Å². The molecule has 160 valence electrons. The minimum Gasteiger partial charge on any atom is -0.495 e. The third-order valence-corrected chi connectivity index (χ3v) is 5.54. The second-order valence-electron chi connectivity index (χ2n) is 7.72. The molecule has 1 aliphatic heterocycles. The monoisotopic (exact) mass is 418 g/mol. The maximum Gasteiger partial charge on any atom is 0.235 e. The van der Waals surface area contributed by atoms with Crippen LogP contribution in [0.1, 0.15) is 29.2 Å². The number of methoxy groups -OCH3 is 1. The maximum absolute atomic E-state index is 13.2. The maximum atomic E-state index is 13.2. The third-order valence-electron chi connectivity index (χ3n) is 5.54. The molecule has 3 aromatic rings. The molecule has 4 rings (SSSR count). The molecule has 0 unspecified atom stereocenters. The van der Waals surface area contributed by atoms with E-state index in [2.05, 4.69) is 10.4 Å². The number of carbonyl (C=O) groups excluding carboxylic acids is 2. The summed E-state index contributed by atoms with van der Waals surface area (Å²) < 4.78 is 7.04. The summed E-state index contributed by atoms with van der Waals surface area (Å²) in [5.41, 5.74) is 3.35. The van der Waals surface area contributed by atoms with Crippen molar-refractivity contribution in [2.24, 2.45) is 7.05 Å². The van der Waals surface area contributed by atoms with Gasteiger partial charge in [-0.2, -0.15) is 5.10 Å². The minimum absolute atomic E-state index is 0.0356. The third kappa shape index (κ3) is 4.60. The first-order valence-corrected chi connectivity index (χ1v) is 10.3. The van der Waals surface area contributed by atoms with Crippen molar-refractivity contribution >= 4 is 17.5 Å². The van der Waals surface area contributed by atoms with Crippen LogP contribution < -0.4 is 10.1 Å². The Labute approximate surface area is 181 Å². The number of carbonyl (C=O) groups is 2. The van der Waals surface area contributed by atoms with Crippen LogP contribution in [-0.4, -0.2) is 40.1 Å². The molecule has 0 aliphatic carbocycles. The summed E-state index contributed by atoms with van der Waals surface area (Å²) in [5.74, 6) is -0.127. The standard InChI is InChI=1S/C24H26N4O3/c1-27-14-18-15-28(22(29)13-12-17-8-4-3-5-9-17)16-19(23(18)26-27)24(30)25-20-10-6-7-11-21(20)31-2/h3-11,14,19H,12-13,15-16H2,1-2H3,(H,25,30)/t19-/m0/s1. The second kappa shape index (κ2) is 9.04. The lowest BCUT2D eigenvalue weighted by atomic mass is 9.95. The topological polar surface area (TPSA) is 76.5 Å². The first-order chi connectivity index (χ1) is 15.0. The zero-order valence-electron chi connectivity index (χ0n) is 17.7. The van der Waals surface area contributed by atoms with Crippen molar-refractivity contribution in [1.82, 2.24) is 14.7 Å². The van der Waals surface area contributed by atoms with Crippen molar-refractivity contribution in [1.29, 1.82) is 0 Å². The van der Waals surface area contributed by atoms with Crippen molar-refractivity contribution in [3.8, 4) is 5.75 Å². The molecule has 7 heteroatoms. The molecular formula is C24H26N4O3. The highest BCUT2D eigenvalue weighted by molar-refractivity contribution is 5.97. The lowest BCUT2D eigenvalue weighted by molar-refractivity contribution is -0.133. The number of para-hydroxylation sites is 2. The fourth-order valence-electron chi connectivity index (χ4n) is 3.97. The van der Waals surface area contributed by atoms with Gasteiger partial charge in [0.1, 0.15) is 11.7 Å². The lowest BCUT2D eigenvalue weighted by Gasteiger charge is -2.31. The summed E-state index contributed by atoms with van der Waals surface area (Å²) in [4.78, 5) is 27.9. The van der Waals surface area contributed by atoms with Gasteiger partial charge in [0.25, 0.3) is 0 Å². The highest BCUT2D eigenvalue weighted by atomic mass is 16.5. The van der Waals surface area contributed by atoms with Gasteiger partial charge in [0.2, 0.25) is 11.8 Å². The normalized spacial score (nSPS) is 15.3. The average molecular weight is 418 g/mol. The number of nitrogens with zero attached hydrogens (tertiary/aromatic N) is 3. The summed E-state index contributed by atoms with van der Waals surface area (Å²) in [6.45, 7) is 0.772. The summed E-state index contributed by atoms with van der Waals surface area (Å²) in [6.07, 6.45) is 2.96. The van der Waals surface area contributed by atoms with E-state index in [0.717, 1.165) is 16.8 Å². The Morgan fingerprint density at radius 2 is 1.87 bits per heavy atom. The van der Waals surface area contributed by atoms with Gasteiger partial charge in [-0.25, -0.2) is 0 Å². The number of fused-ring (bicyclic) bond motifs is 1. The van der Waals surface area contributed by atoms with Gasteiger partial charge in [-0.3, -0.25) is 14.3 Å². The largest absolute Gasteiger partial charge is 0.495 e. The van der Waals surface area contributed by atoms with Crippen LogP contribution in [0, 0.1) is 0 Å². The van der Waals surface area contributed by atoms with Gasteiger partial charge >= 0.3 is 0 Å². The summed E-state index contributed by atoms with van der Waals surface area (Å²) >= 11 is 0. The SMILES string of the molecule is COc1ccccc1NC(=O)[C@H]1CN(C(=O)CCc2ccccc2)Cc2cn(C)nc21. The van der Waals surface area contributed by atoms with Crippen LogP contribution in [-0.2, 0) is 29.6 Å². The second-order valence-corrected chi connectivity index (χ2v) is 7.72. The Kier molecular flexibility index (Phi) is 6.02. The molecule has 1 N–H and O–H groups in total. The van der Waals surface area contributed by atoms with Gasteiger partial charge in [-0.15, -0.1) is 0 Å². The van der Waals surface area contributed by atoms with Crippen LogP contribution in [0.5, 0.6) is 5.75 Å².